The van der Waals surface area contributed by atoms with Gasteiger partial charge in [-0.15, -0.1) is 0 Å². The molecule has 1 aromatic rings. The van der Waals surface area contributed by atoms with E-state index in [1.807, 2.05) is 6.07 Å². The highest BCUT2D eigenvalue weighted by Crippen LogP contribution is 2.15. The molecule has 3 heteroatoms. The number of benzene rings is 1. The van der Waals surface area contributed by atoms with E-state index in [9.17, 15) is 0 Å². The lowest BCUT2D eigenvalue weighted by Gasteiger charge is -2.01. The average Bonchev–Trinajstić information content (AvgIpc) is 2.28. The molecule has 1 aromatic carbocycles. The molecule has 0 amide bonds. The van der Waals surface area contributed by atoms with E-state index in [1.165, 1.54) is 6.08 Å². The standard InChI is InChI=1S/C12H7N3/c1-9-11(5-10(6-13)7-14)3-2-4-12(9)8-15/h2-5H,1H3. The molecule has 15 heavy (non-hydrogen) atoms. The Balaban J connectivity index is 3.32. The Kier molecular flexibility index (Phi) is 3.23. The Morgan fingerprint density at radius 2 is 1.87 bits per heavy atom. The number of hydrogen-bond acceptors (Lipinski definition) is 3. The second kappa shape index (κ2) is 4.61. The third-order valence-electron chi connectivity index (χ3n) is 2.04. The molecular weight excluding hydrogens is 186 g/mol. The van der Waals surface area contributed by atoms with Gasteiger partial charge in [0.2, 0.25) is 0 Å². The minimum absolute atomic E-state index is 0.0354. The van der Waals surface area contributed by atoms with E-state index >= 15 is 0 Å². The van der Waals surface area contributed by atoms with Crippen molar-refractivity contribution in [3.05, 3.63) is 40.5 Å². The lowest BCUT2D eigenvalue weighted by atomic mass is 10.0. The summed E-state index contributed by atoms with van der Waals surface area (Å²) in [5, 5.41) is 26.0. The molecule has 0 aliphatic carbocycles. The lowest BCUT2D eigenvalue weighted by molar-refractivity contribution is 1.37. The molecule has 0 spiro atoms. The van der Waals surface area contributed by atoms with Gasteiger partial charge in [-0.25, -0.2) is 0 Å². The van der Waals surface area contributed by atoms with Crippen molar-refractivity contribution in [2.24, 2.45) is 0 Å². The first-order valence-electron chi connectivity index (χ1n) is 4.24. The van der Waals surface area contributed by atoms with Gasteiger partial charge in [0.05, 0.1) is 11.6 Å². The van der Waals surface area contributed by atoms with Crippen molar-refractivity contribution in [1.82, 2.24) is 0 Å². The van der Waals surface area contributed by atoms with Crippen molar-refractivity contribution in [3.63, 3.8) is 0 Å². The highest BCUT2D eigenvalue weighted by atomic mass is 14.3. The Morgan fingerprint density at radius 3 is 2.40 bits per heavy atom. The third kappa shape index (κ3) is 2.21. The molecule has 0 N–H and O–H groups in total. The van der Waals surface area contributed by atoms with Crippen LogP contribution < -0.4 is 0 Å². The summed E-state index contributed by atoms with van der Waals surface area (Å²) in [6.45, 7) is 1.79. The van der Waals surface area contributed by atoms with Crippen LogP contribution in [-0.4, -0.2) is 0 Å². The normalized spacial score (nSPS) is 8.13. The van der Waals surface area contributed by atoms with Crippen LogP contribution in [0.2, 0.25) is 0 Å². The average molecular weight is 193 g/mol. The summed E-state index contributed by atoms with van der Waals surface area (Å²) in [4.78, 5) is 0. The fraction of sp³-hybridized carbons (Fsp3) is 0.0833. The SMILES string of the molecule is Cc1c(C#N)cccc1C=C(C#N)C#N. The van der Waals surface area contributed by atoms with Gasteiger partial charge < -0.3 is 0 Å². The monoisotopic (exact) mass is 193 g/mol. The highest BCUT2D eigenvalue weighted by Gasteiger charge is 2.02. The summed E-state index contributed by atoms with van der Waals surface area (Å²) >= 11 is 0. The fourth-order valence-corrected chi connectivity index (χ4v) is 1.18. The second-order valence-electron chi connectivity index (χ2n) is 2.91. The molecule has 0 fully saturated rings. The van der Waals surface area contributed by atoms with Crippen LogP contribution in [0.3, 0.4) is 0 Å². The first-order valence-corrected chi connectivity index (χ1v) is 4.24. The smallest absolute Gasteiger partial charge is 0.130 e. The first-order chi connectivity index (χ1) is 7.22. The van der Waals surface area contributed by atoms with Gasteiger partial charge in [0.25, 0.3) is 0 Å². The minimum atomic E-state index is 0.0354. The number of allylic oxidation sites excluding steroid dienone is 1. The number of hydrogen-bond donors (Lipinski definition) is 0. The third-order valence-corrected chi connectivity index (χ3v) is 2.04. The van der Waals surface area contributed by atoms with Crippen molar-refractivity contribution >= 4 is 6.08 Å². The fourth-order valence-electron chi connectivity index (χ4n) is 1.18. The van der Waals surface area contributed by atoms with E-state index in [0.29, 0.717) is 5.56 Å². The van der Waals surface area contributed by atoms with Gasteiger partial charge in [-0.2, -0.15) is 15.8 Å². The zero-order chi connectivity index (χ0) is 11.3. The molecule has 0 saturated carbocycles. The second-order valence-corrected chi connectivity index (χ2v) is 2.91. The van der Waals surface area contributed by atoms with Crippen LogP contribution in [0.1, 0.15) is 16.7 Å². The lowest BCUT2D eigenvalue weighted by Crippen LogP contribution is -1.87. The minimum Gasteiger partial charge on any atom is -0.192 e. The molecule has 1 rings (SSSR count). The van der Waals surface area contributed by atoms with E-state index in [2.05, 4.69) is 0 Å². The topological polar surface area (TPSA) is 71.4 Å². The van der Waals surface area contributed by atoms with Gasteiger partial charge >= 0.3 is 0 Å². The van der Waals surface area contributed by atoms with E-state index < -0.39 is 0 Å². The van der Waals surface area contributed by atoms with Crippen LogP contribution in [0.5, 0.6) is 0 Å². The summed E-state index contributed by atoms with van der Waals surface area (Å²) in [7, 11) is 0. The maximum absolute atomic E-state index is 8.79. The van der Waals surface area contributed by atoms with Crippen LogP contribution in [0.4, 0.5) is 0 Å². The van der Waals surface area contributed by atoms with E-state index in [-0.39, 0.29) is 5.57 Å². The molecule has 0 radical (unpaired) electrons. The maximum Gasteiger partial charge on any atom is 0.130 e. The van der Waals surface area contributed by atoms with Gasteiger partial charge in [-0.3, -0.25) is 0 Å². The van der Waals surface area contributed by atoms with Crippen LogP contribution in [0, 0.1) is 40.9 Å². The molecule has 70 valence electrons. The van der Waals surface area contributed by atoms with E-state index in [1.54, 1.807) is 37.3 Å². The molecule has 3 nitrogen and oxygen atoms in total. The molecule has 0 unspecified atom stereocenters. The Hall–Kier alpha value is -2.57. The zero-order valence-corrected chi connectivity index (χ0v) is 8.15. The van der Waals surface area contributed by atoms with Crippen molar-refractivity contribution < 1.29 is 0 Å². The van der Waals surface area contributed by atoms with Crippen molar-refractivity contribution in [2.45, 2.75) is 6.92 Å². The van der Waals surface area contributed by atoms with Gasteiger partial charge in [0, 0.05) is 0 Å². The predicted molar refractivity (Wildman–Crippen MR) is 55.1 cm³/mol. The Morgan fingerprint density at radius 1 is 1.20 bits per heavy atom. The van der Waals surface area contributed by atoms with Gasteiger partial charge in [0.1, 0.15) is 17.7 Å². The van der Waals surface area contributed by atoms with Gasteiger partial charge in [0.15, 0.2) is 0 Å². The molecule has 0 atom stereocenters. The van der Waals surface area contributed by atoms with Crippen molar-refractivity contribution in [2.75, 3.05) is 0 Å². The number of nitriles is 3. The van der Waals surface area contributed by atoms with Crippen LogP contribution in [0.25, 0.3) is 6.08 Å². The Labute approximate surface area is 88.1 Å². The first kappa shape index (κ1) is 10.5. The molecular formula is C12H7N3. The van der Waals surface area contributed by atoms with E-state index in [4.69, 9.17) is 15.8 Å². The Bertz CT molecular complexity index is 517. The van der Waals surface area contributed by atoms with Gasteiger partial charge in [-0.1, -0.05) is 12.1 Å². The molecule has 0 heterocycles. The van der Waals surface area contributed by atoms with Crippen LogP contribution in [0.15, 0.2) is 23.8 Å². The summed E-state index contributed by atoms with van der Waals surface area (Å²) in [6.07, 6.45) is 1.48. The van der Waals surface area contributed by atoms with Crippen molar-refractivity contribution in [3.8, 4) is 18.2 Å². The summed E-state index contributed by atoms with van der Waals surface area (Å²) in [5.74, 6) is 0. The van der Waals surface area contributed by atoms with Crippen LogP contribution in [-0.2, 0) is 0 Å². The summed E-state index contributed by atoms with van der Waals surface area (Å²) in [6, 6.07) is 10.8. The molecule has 0 bridgehead atoms. The largest absolute Gasteiger partial charge is 0.192 e. The maximum atomic E-state index is 8.79. The molecule has 0 saturated heterocycles. The molecule has 0 aliphatic heterocycles. The zero-order valence-electron chi connectivity index (χ0n) is 8.15. The van der Waals surface area contributed by atoms with E-state index in [0.717, 1.165) is 11.1 Å². The number of rotatable bonds is 1. The summed E-state index contributed by atoms with van der Waals surface area (Å²) < 4.78 is 0. The quantitative estimate of drug-likeness (QED) is 0.642. The highest BCUT2D eigenvalue weighted by molar-refractivity contribution is 5.66. The number of nitrogens with zero attached hydrogens (tertiary/aromatic N) is 3. The van der Waals surface area contributed by atoms with Crippen molar-refractivity contribution in [1.29, 1.82) is 15.8 Å². The molecule has 0 aliphatic rings. The van der Waals surface area contributed by atoms with Gasteiger partial charge in [-0.05, 0) is 30.2 Å². The predicted octanol–water partition coefficient (Wildman–Crippen LogP) is 2.30. The van der Waals surface area contributed by atoms with Crippen LogP contribution >= 0.6 is 0 Å². The summed E-state index contributed by atoms with van der Waals surface area (Å²) in [5.41, 5.74) is 2.10. The molecule has 0 aromatic heterocycles.